The van der Waals surface area contributed by atoms with Crippen molar-refractivity contribution in [3.63, 3.8) is 0 Å². The van der Waals surface area contributed by atoms with Crippen molar-refractivity contribution in [1.29, 1.82) is 0 Å². The highest BCUT2D eigenvalue weighted by Gasteiger charge is 2.29. The molecule has 29 heavy (non-hydrogen) atoms. The van der Waals surface area contributed by atoms with Crippen LogP contribution in [0.15, 0.2) is 24.3 Å². The van der Waals surface area contributed by atoms with Crippen LogP contribution in [0, 0.1) is 5.41 Å². The summed E-state index contributed by atoms with van der Waals surface area (Å²) in [5.74, 6) is -0.342. The van der Waals surface area contributed by atoms with Crippen LogP contribution in [0.2, 0.25) is 5.02 Å². The Balaban J connectivity index is 0.00000300. The fraction of sp³-hybridized carbons (Fsp3) is 0.455. The van der Waals surface area contributed by atoms with Gasteiger partial charge in [0.1, 0.15) is 5.78 Å². The van der Waals surface area contributed by atoms with E-state index in [0.717, 1.165) is 42.1 Å². The average molecular weight is 455 g/mol. The lowest BCUT2D eigenvalue weighted by atomic mass is 9.93. The van der Waals surface area contributed by atoms with Gasteiger partial charge in [0.2, 0.25) is 5.91 Å². The maximum absolute atomic E-state index is 12.6. The molecule has 1 aromatic heterocycles. The van der Waals surface area contributed by atoms with Crippen LogP contribution in [0.5, 0.6) is 0 Å². The number of nitrogens with zero attached hydrogens (tertiary/aromatic N) is 1. The van der Waals surface area contributed by atoms with Gasteiger partial charge >= 0.3 is 0 Å². The van der Waals surface area contributed by atoms with Crippen molar-refractivity contribution < 1.29 is 9.59 Å². The van der Waals surface area contributed by atoms with Gasteiger partial charge in [-0.1, -0.05) is 44.5 Å². The van der Waals surface area contributed by atoms with Gasteiger partial charge in [-0.2, -0.15) is 0 Å². The fourth-order valence-corrected chi connectivity index (χ4v) is 5.36. The van der Waals surface area contributed by atoms with Gasteiger partial charge in [0, 0.05) is 47.3 Å². The number of carbonyl (C=O) groups is 2. The SMILES string of the molecule is CC(C)(C)CN1CCc2c(sc(CC(=O)Cc3ccc(Cl)cc3)c2C(N)=O)C1.Cl. The minimum atomic E-state index is -0.420. The van der Waals surface area contributed by atoms with Crippen molar-refractivity contribution >= 4 is 47.0 Å². The van der Waals surface area contributed by atoms with Crippen molar-refractivity contribution in [2.45, 2.75) is 46.6 Å². The van der Waals surface area contributed by atoms with Gasteiger partial charge in [-0.3, -0.25) is 14.5 Å². The molecule has 0 atom stereocenters. The van der Waals surface area contributed by atoms with Crippen LogP contribution in [-0.2, 0) is 30.6 Å². The third-order valence-corrected chi connectivity index (χ3v) is 6.29. The summed E-state index contributed by atoms with van der Waals surface area (Å²) in [6, 6.07) is 7.29. The van der Waals surface area contributed by atoms with Gasteiger partial charge in [-0.05, 0) is 35.1 Å². The monoisotopic (exact) mass is 454 g/mol. The second-order valence-corrected chi connectivity index (χ2v) is 10.3. The molecule has 2 aromatic rings. The Kier molecular flexibility index (Phi) is 7.91. The van der Waals surface area contributed by atoms with E-state index in [1.165, 1.54) is 4.88 Å². The van der Waals surface area contributed by atoms with E-state index in [9.17, 15) is 9.59 Å². The smallest absolute Gasteiger partial charge is 0.250 e. The molecule has 0 fully saturated rings. The Hall–Kier alpha value is -1.40. The normalized spacial score (nSPS) is 14.2. The number of primary amides is 1. The molecule has 0 aliphatic carbocycles. The molecule has 3 rings (SSSR count). The summed E-state index contributed by atoms with van der Waals surface area (Å²) in [5.41, 5.74) is 8.47. The van der Waals surface area contributed by atoms with Crippen molar-refractivity contribution in [3.05, 3.63) is 55.7 Å². The molecule has 7 heteroatoms. The molecule has 0 saturated heterocycles. The van der Waals surface area contributed by atoms with Crippen LogP contribution in [0.1, 0.15) is 52.0 Å². The molecular weight excluding hydrogens is 427 g/mol. The van der Waals surface area contributed by atoms with Gasteiger partial charge in [0.25, 0.3) is 0 Å². The molecule has 0 spiro atoms. The summed E-state index contributed by atoms with van der Waals surface area (Å²) in [7, 11) is 0. The van der Waals surface area contributed by atoms with Crippen molar-refractivity contribution in [1.82, 2.24) is 4.90 Å². The lowest BCUT2D eigenvalue weighted by Crippen LogP contribution is -2.36. The number of carbonyl (C=O) groups excluding carboxylic acids is 2. The Morgan fingerprint density at radius 1 is 1.17 bits per heavy atom. The summed E-state index contributed by atoms with van der Waals surface area (Å²) in [6.07, 6.45) is 1.39. The minimum Gasteiger partial charge on any atom is -0.366 e. The van der Waals surface area contributed by atoms with Crippen LogP contribution in [0.4, 0.5) is 0 Å². The van der Waals surface area contributed by atoms with E-state index in [0.29, 0.717) is 17.0 Å². The highest BCUT2D eigenvalue weighted by atomic mass is 35.5. The highest BCUT2D eigenvalue weighted by Crippen LogP contribution is 2.34. The molecule has 1 aliphatic heterocycles. The van der Waals surface area contributed by atoms with E-state index < -0.39 is 5.91 Å². The Bertz CT molecular complexity index is 885. The molecule has 1 aromatic carbocycles. The number of amides is 1. The number of ketones is 1. The number of hydrogen-bond acceptors (Lipinski definition) is 4. The summed E-state index contributed by atoms with van der Waals surface area (Å²) in [4.78, 5) is 29.2. The van der Waals surface area contributed by atoms with Crippen LogP contribution >= 0.6 is 35.3 Å². The number of thiophene rings is 1. The standard InChI is InChI=1S/C22H27ClN2O2S.ClH/c1-22(2,3)13-25-9-8-17-19(12-25)28-18(20(17)21(24)27)11-16(26)10-14-4-6-15(23)7-5-14;/h4-7H,8-13H2,1-3H3,(H2,24,27);1H. The summed E-state index contributed by atoms with van der Waals surface area (Å²) < 4.78 is 0. The van der Waals surface area contributed by atoms with Gasteiger partial charge in [0.05, 0.1) is 5.56 Å². The van der Waals surface area contributed by atoms with Crippen LogP contribution in [0.3, 0.4) is 0 Å². The first-order valence-corrected chi connectivity index (χ1v) is 10.7. The summed E-state index contributed by atoms with van der Waals surface area (Å²) in [5, 5.41) is 0.651. The summed E-state index contributed by atoms with van der Waals surface area (Å²) >= 11 is 7.48. The number of hydrogen-bond donors (Lipinski definition) is 1. The predicted molar refractivity (Wildman–Crippen MR) is 122 cm³/mol. The fourth-order valence-electron chi connectivity index (χ4n) is 3.80. The number of benzene rings is 1. The predicted octanol–water partition coefficient (Wildman–Crippen LogP) is 4.68. The van der Waals surface area contributed by atoms with Gasteiger partial charge in [-0.25, -0.2) is 0 Å². The van der Waals surface area contributed by atoms with Crippen molar-refractivity contribution in [3.8, 4) is 0 Å². The van der Waals surface area contributed by atoms with Crippen LogP contribution in [0.25, 0.3) is 0 Å². The lowest BCUT2D eigenvalue weighted by molar-refractivity contribution is -0.117. The number of halogens is 2. The Morgan fingerprint density at radius 2 is 1.83 bits per heavy atom. The van der Waals surface area contributed by atoms with E-state index in [4.69, 9.17) is 17.3 Å². The quantitative estimate of drug-likeness (QED) is 0.688. The van der Waals surface area contributed by atoms with Crippen molar-refractivity contribution in [2.24, 2.45) is 11.1 Å². The topological polar surface area (TPSA) is 63.4 Å². The van der Waals surface area contributed by atoms with Crippen LogP contribution < -0.4 is 5.73 Å². The molecule has 0 bridgehead atoms. The Labute approximate surface area is 187 Å². The molecule has 4 nitrogen and oxygen atoms in total. The Morgan fingerprint density at radius 3 is 2.41 bits per heavy atom. The van der Waals surface area contributed by atoms with Crippen molar-refractivity contribution in [2.75, 3.05) is 13.1 Å². The maximum atomic E-state index is 12.6. The molecule has 0 radical (unpaired) electrons. The second-order valence-electron chi connectivity index (χ2n) is 8.71. The molecule has 1 aliphatic rings. The molecule has 158 valence electrons. The first-order valence-electron chi connectivity index (χ1n) is 9.54. The van der Waals surface area contributed by atoms with E-state index in [1.807, 2.05) is 12.1 Å². The summed E-state index contributed by atoms with van der Waals surface area (Å²) in [6.45, 7) is 9.43. The molecule has 0 saturated carbocycles. The number of rotatable bonds is 6. The average Bonchev–Trinajstić information content (AvgIpc) is 2.92. The first-order chi connectivity index (χ1) is 13.1. The third-order valence-electron chi connectivity index (χ3n) is 4.83. The zero-order valence-corrected chi connectivity index (χ0v) is 19.5. The zero-order chi connectivity index (χ0) is 20.5. The van der Waals surface area contributed by atoms with E-state index in [-0.39, 0.29) is 30.0 Å². The second kappa shape index (κ2) is 9.61. The number of fused-ring (bicyclic) bond motifs is 1. The highest BCUT2D eigenvalue weighted by molar-refractivity contribution is 7.12. The van der Waals surface area contributed by atoms with Gasteiger partial charge in [0.15, 0.2) is 0 Å². The lowest BCUT2D eigenvalue weighted by Gasteiger charge is -2.32. The third kappa shape index (κ3) is 6.29. The molecule has 1 amide bonds. The van der Waals surface area contributed by atoms with E-state index >= 15 is 0 Å². The molecule has 0 unspecified atom stereocenters. The first kappa shape index (κ1) is 23.9. The minimum absolute atomic E-state index is 0. The molecular formula is C22H28Cl2N2O2S. The van der Waals surface area contributed by atoms with E-state index in [2.05, 4.69) is 25.7 Å². The maximum Gasteiger partial charge on any atom is 0.250 e. The van der Waals surface area contributed by atoms with Gasteiger partial charge in [-0.15, -0.1) is 23.7 Å². The molecule has 2 heterocycles. The molecule has 2 N–H and O–H groups in total. The zero-order valence-electron chi connectivity index (χ0n) is 17.1. The van der Waals surface area contributed by atoms with Crippen LogP contribution in [-0.4, -0.2) is 29.7 Å². The number of Topliss-reactive ketones (excluding diaryl/α,β-unsaturated/α-hetero) is 1. The largest absolute Gasteiger partial charge is 0.366 e. The number of nitrogens with two attached hydrogens (primary N) is 1. The van der Waals surface area contributed by atoms with E-state index in [1.54, 1.807) is 23.5 Å². The van der Waals surface area contributed by atoms with Gasteiger partial charge < -0.3 is 5.73 Å².